The predicted octanol–water partition coefficient (Wildman–Crippen LogP) is 3.02. The number of esters is 1. The van der Waals surface area contributed by atoms with Gasteiger partial charge in [0.05, 0.1) is 12.3 Å². The van der Waals surface area contributed by atoms with E-state index in [0.29, 0.717) is 5.56 Å². The van der Waals surface area contributed by atoms with E-state index in [2.05, 4.69) is 5.32 Å². The molecule has 0 bridgehead atoms. The minimum atomic E-state index is -0.436. The van der Waals surface area contributed by atoms with E-state index in [1.165, 1.54) is 0 Å². The fourth-order valence-corrected chi connectivity index (χ4v) is 2.83. The molecular formula is C20H19NO4. The topological polar surface area (TPSA) is 72.5 Å². The SMILES string of the molecule is Cc1ccccc1CC(=O)OCC(=O)c1ccc2c(c1)[C@H](C)C(=O)N2. The van der Waals surface area contributed by atoms with E-state index in [4.69, 9.17) is 4.74 Å². The van der Waals surface area contributed by atoms with Gasteiger partial charge in [0.25, 0.3) is 0 Å². The number of Topliss-reactive ketones (excluding diaryl/α,β-unsaturated/α-hetero) is 1. The summed E-state index contributed by atoms with van der Waals surface area (Å²) in [6.07, 6.45) is 0.138. The molecule has 128 valence electrons. The molecule has 3 rings (SSSR count). The van der Waals surface area contributed by atoms with E-state index >= 15 is 0 Å². The molecule has 0 aliphatic carbocycles. The Balaban J connectivity index is 1.61. The molecule has 2 aromatic carbocycles. The second-order valence-corrected chi connectivity index (χ2v) is 6.20. The van der Waals surface area contributed by atoms with E-state index in [-0.39, 0.29) is 30.6 Å². The van der Waals surface area contributed by atoms with Crippen LogP contribution >= 0.6 is 0 Å². The van der Waals surface area contributed by atoms with Crippen LogP contribution < -0.4 is 5.32 Å². The van der Waals surface area contributed by atoms with Crippen molar-refractivity contribution >= 4 is 23.3 Å². The molecule has 0 fully saturated rings. The molecule has 2 aromatic rings. The van der Waals surface area contributed by atoms with Crippen molar-refractivity contribution in [3.05, 3.63) is 64.7 Å². The summed E-state index contributed by atoms with van der Waals surface area (Å²) in [6.45, 7) is 3.41. The van der Waals surface area contributed by atoms with Crippen molar-refractivity contribution in [1.82, 2.24) is 0 Å². The van der Waals surface area contributed by atoms with E-state index in [9.17, 15) is 14.4 Å². The zero-order valence-electron chi connectivity index (χ0n) is 14.2. The summed E-state index contributed by atoms with van der Waals surface area (Å²) >= 11 is 0. The second-order valence-electron chi connectivity index (χ2n) is 6.20. The molecule has 1 atom stereocenters. The van der Waals surface area contributed by atoms with Gasteiger partial charge in [-0.3, -0.25) is 14.4 Å². The Bertz CT molecular complexity index is 857. The Morgan fingerprint density at radius 1 is 1.16 bits per heavy atom. The summed E-state index contributed by atoms with van der Waals surface area (Å²) in [4.78, 5) is 35.9. The maximum absolute atomic E-state index is 12.3. The van der Waals surface area contributed by atoms with Gasteiger partial charge in [0, 0.05) is 11.3 Å². The molecule has 0 unspecified atom stereocenters. The molecule has 0 radical (unpaired) electrons. The van der Waals surface area contributed by atoms with Crippen LogP contribution in [0.2, 0.25) is 0 Å². The van der Waals surface area contributed by atoms with Crippen LogP contribution in [0.1, 0.15) is 39.9 Å². The molecule has 1 N–H and O–H groups in total. The Kier molecular flexibility index (Phi) is 4.65. The first-order valence-corrected chi connectivity index (χ1v) is 8.14. The van der Waals surface area contributed by atoms with Gasteiger partial charge in [0.1, 0.15) is 0 Å². The molecule has 1 aliphatic rings. The monoisotopic (exact) mass is 337 g/mol. The number of hydrogen-bond donors (Lipinski definition) is 1. The Morgan fingerprint density at radius 3 is 2.68 bits per heavy atom. The lowest BCUT2D eigenvalue weighted by atomic mass is 9.99. The average Bonchev–Trinajstić information content (AvgIpc) is 2.89. The van der Waals surface area contributed by atoms with E-state index in [1.54, 1.807) is 25.1 Å². The number of aryl methyl sites for hydroxylation is 1. The Hall–Kier alpha value is -2.95. The number of fused-ring (bicyclic) bond motifs is 1. The Labute approximate surface area is 146 Å². The van der Waals surface area contributed by atoms with Crippen molar-refractivity contribution in [2.24, 2.45) is 0 Å². The highest BCUT2D eigenvalue weighted by molar-refractivity contribution is 6.05. The molecule has 0 saturated heterocycles. The zero-order chi connectivity index (χ0) is 18.0. The van der Waals surface area contributed by atoms with Crippen LogP contribution in [0.3, 0.4) is 0 Å². The van der Waals surface area contributed by atoms with Crippen LogP contribution in [-0.4, -0.2) is 24.3 Å². The molecule has 1 heterocycles. The van der Waals surface area contributed by atoms with E-state index in [0.717, 1.165) is 22.4 Å². The van der Waals surface area contributed by atoms with Crippen LogP contribution in [0.25, 0.3) is 0 Å². The largest absolute Gasteiger partial charge is 0.457 e. The number of amides is 1. The number of anilines is 1. The molecule has 5 heteroatoms. The molecule has 0 aromatic heterocycles. The average molecular weight is 337 g/mol. The molecule has 0 spiro atoms. The van der Waals surface area contributed by atoms with Crippen LogP contribution in [0.15, 0.2) is 42.5 Å². The third kappa shape index (κ3) is 3.60. The first-order chi connectivity index (χ1) is 12.0. The highest BCUT2D eigenvalue weighted by atomic mass is 16.5. The van der Waals surface area contributed by atoms with Crippen LogP contribution in [0, 0.1) is 6.92 Å². The lowest BCUT2D eigenvalue weighted by Crippen LogP contribution is -2.16. The van der Waals surface area contributed by atoms with E-state index in [1.807, 2.05) is 31.2 Å². The molecular weight excluding hydrogens is 318 g/mol. The summed E-state index contributed by atoms with van der Waals surface area (Å²) < 4.78 is 5.11. The van der Waals surface area contributed by atoms with Gasteiger partial charge in [0.15, 0.2) is 12.4 Å². The zero-order valence-corrected chi connectivity index (χ0v) is 14.2. The summed E-state index contributed by atoms with van der Waals surface area (Å²) in [5.41, 5.74) is 3.85. The van der Waals surface area contributed by atoms with Crippen molar-refractivity contribution in [3.63, 3.8) is 0 Å². The van der Waals surface area contributed by atoms with Gasteiger partial charge in [-0.05, 0) is 48.7 Å². The number of hydrogen-bond acceptors (Lipinski definition) is 4. The highest BCUT2D eigenvalue weighted by Gasteiger charge is 2.27. The van der Waals surface area contributed by atoms with Crippen LogP contribution in [0.5, 0.6) is 0 Å². The summed E-state index contributed by atoms with van der Waals surface area (Å²) in [5, 5.41) is 2.76. The van der Waals surface area contributed by atoms with Gasteiger partial charge in [-0.2, -0.15) is 0 Å². The first kappa shape index (κ1) is 16.9. The minimum Gasteiger partial charge on any atom is -0.457 e. The van der Waals surface area contributed by atoms with E-state index < -0.39 is 5.97 Å². The van der Waals surface area contributed by atoms with Crippen molar-refractivity contribution in [3.8, 4) is 0 Å². The first-order valence-electron chi connectivity index (χ1n) is 8.14. The van der Waals surface area contributed by atoms with Gasteiger partial charge < -0.3 is 10.1 Å². The second kappa shape index (κ2) is 6.89. The van der Waals surface area contributed by atoms with Crippen molar-refractivity contribution in [2.45, 2.75) is 26.2 Å². The van der Waals surface area contributed by atoms with Crippen molar-refractivity contribution in [1.29, 1.82) is 0 Å². The Morgan fingerprint density at radius 2 is 1.92 bits per heavy atom. The third-order valence-corrected chi connectivity index (χ3v) is 4.45. The van der Waals surface area contributed by atoms with Gasteiger partial charge in [0.2, 0.25) is 5.91 Å². The normalized spacial score (nSPS) is 15.4. The third-order valence-electron chi connectivity index (χ3n) is 4.45. The lowest BCUT2D eigenvalue weighted by molar-refractivity contribution is -0.141. The molecule has 5 nitrogen and oxygen atoms in total. The van der Waals surface area contributed by atoms with Gasteiger partial charge in [-0.25, -0.2) is 0 Å². The molecule has 1 aliphatic heterocycles. The smallest absolute Gasteiger partial charge is 0.310 e. The standard InChI is InChI=1S/C20H19NO4/c1-12-5-3-4-6-14(12)10-19(23)25-11-18(22)15-7-8-17-16(9-15)13(2)20(24)21-17/h3-9,13H,10-11H2,1-2H3,(H,21,24)/t13-/m0/s1. The number of ether oxygens (including phenoxy) is 1. The number of rotatable bonds is 5. The van der Waals surface area contributed by atoms with Crippen molar-refractivity contribution < 1.29 is 19.1 Å². The molecule has 0 saturated carbocycles. The lowest BCUT2D eigenvalue weighted by Gasteiger charge is -2.08. The van der Waals surface area contributed by atoms with Crippen LogP contribution in [-0.2, 0) is 20.7 Å². The molecule has 25 heavy (non-hydrogen) atoms. The summed E-state index contributed by atoms with van der Waals surface area (Å²) in [5.74, 6) is -1.09. The van der Waals surface area contributed by atoms with Crippen LogP contribution in [0.4, 0.5) is 5.69 Å². The minimum absolute atomic E-state index is 0.0794. The number of benzene rings is 2. The van der Waals surface area contributed by atoms with Gasteiger partial charge in [-0.1, -0.05) is 24.3 Å². The number of carbonyl (C=O) groups excluding carboxylic acids is 3. The maximum Gasteiger partial charge on any atom is 0.310 e. The molecule has 1 amide bonds. The maximum atomic E-state index is 12.3. The predicted molar refractivity (Wildman–Crippen MR) is 93.7 cm³/mol. The number of ketones is 1. The number of carbonyl (C=O) groups is 3. The summed E-state index contributed by atoms with van der Waals surface area (Å²) in [7, 11) is 0. The van der Waals surface area contributed by atoms with Gasteiger partial charge in [-0.15, -0.1) is 0 Å². The number of nitrogens with one attached hydrogen (secondary N) is 1. The highest BCUT2D eigenvalue weighted by Crippen LogP contribution is 2.32. The van der Waals surface area contributed by atoms with Gasteiger partial charge >= 0.3 is 5.97 Å². The quantitative estimate of drug-likeness (QED) is 0.672. The fraction of sp³-hybridized carbons (Fsp3) is 0.250. The summed E-state index contributed by atoms with van der Waals surface area (Å²) in [6, 6.07) is 12.6. The fourth-order valence-electron chi connectivity index (χ4n) is 2.83. The van der Waals surface area contributed by atoms with Crippen molar-refractivity contribution in [2.75, 3.05) is 11.9 Å².